The van der Waals surface area contributed by atoms with E-state index in [1.807, 2.05) is 30.3 Å². The lowest BCUT2D eigenvalue weighted by Crippen LogP contribution is -2.34. The molecule has 1 aliphatic rings. The summed E-state index contributed by atoms with van der Waals surface area (Å²) in [5.41, 5.74) is 7.73. The third-order valence-electron chi connectivity index (χ3n) is 4.56. The second-order valence-corrected chi connectivity index (χ2v) is 5.59. The Bertz CT molecular complexity index is 570. The Balaban J connectivity index is 2.08. The van der Waals surface area contributed by atoms with Gasteiger partial charge in [0.25, 0.3) is 0 Å². The molecule has 0 bridgehead atoms. The Morgan fingerprint density at radius 3 is 2.68 bits per heavy atom. The fourth-order valence-corrected chi connectivity index (χ4v) is 3.35. The van der Waals surface area contributed by atoms with Gasteiger partial charge in [-0.2, -0.15) is 0 Å². The molecule has 3 heteroatoms. The van der Waals surface area contributed by atoms with Crippen molar-refractivity contribution in [3.05, 3.63) is 42.1 Å². The van der Waals surface area contributed by atoms with Gasteiger partial charge in [0.2, 0.25) is 0 Å². The Morgan fingerprint density at radius 2 is 1.95 bits per heavy atom. The maximum Gasteiger partial charge on any atom is 0.0865 e. The number of aliphatic hydroxyl groups excluding tert-OH is 1. The molecule has 0 spiro atoms. The van der Waals surface area contributed by atoms with E-state index in [0.717, 1.165) is 42.1 Å². The molecule has 1 unspecified atom stereocenters. The number of nitrogens with two attached hydrogens (primary N) is 1. The van der Waals surface area contributed by atoms with Gasteiger partial charge in [0.15, 0.2) is 0 Å². The van der Waals surface area contributed by atoms with Crippen molar-refractivity contribution in [2.24, 2.45) is 11.1 Å². The molecule has 1 aromatic heterocycles. The van der Waals surface area contributed by atoms with E-state index < -0.39 is 6.10 Å². The van der Waals surface area contributed by atoms with E-state index in [2.05, 4.69) is 4.98 Å². The minimum absolute atomic E-state index is 0.149. The molecular weight excluding hydrogens is 236 g/mol. The van der Waals surface area contributed by atoms with Crippen LogP contribution < -0.4 is 5.73 Å². The van der Waals surface area contributed by atoms with Crippen molar-refractivity contribution < 1.29 is 5.11 Å². The molecule has 100 valence electrons. The first kappa shape index (κ1) is 12.6. The minimum atomic E-state index is -0.493. The summed E-state index contributed by atoms with van der Waals surface area (Å²) in [5.74, 6) is 0. The second kappa shape index (κ2) is 4.91. The van der Waals surface area contributed by atoms with Crippen LogP contribution in [-0.2, 0) is 0 Å². The van der Waals surface area contributed by atoms with E-state index in [1.54, 1.807) is 6.20 Å². The van der Waals surface area contributed by atoms with Crippen LogP contribution in [0.15, 0.2) is 36.5 Å². The fourth-order valence-electron chi connectivity index (χ4n) is 3.35. The number of aromatic nitrogens is 1. The zero-order valence-electron chi connectivity index (χ0n) is 11.0. The summed E-state index contributed by atoms with van der Waals surface area (Å²) >= 11 is 0. The van der Waals surface area contributed by atoms with Crippen LogP contribution in [0.1, 0.15) is 37.4 Å². The van der Waals surface area contributed by atoms with Crippen molar-refractivity contribution in [3.63, 3.8) is 0 Å². The van der Waals surface area contributed by atoms with Crippen molar-refractivity contribution in [2.75, 3.05) is 6.54 Å². The quantitative estimate of drug-likeness (QED) is 0.887. The third kappa shape index (κ3) is 2.03. The number of aliphatic hydroxyl groups is 1. The van der Waals surface area contributed by atoms with Crippen LogP contribution in [0.2, 0.25) is 0 Å². The van der Waals surface area contributed by atoms with Crippen LogP contribution in [0.3, 0.4) is 0 Å². The zero-order valence-corrected chi connectivity index (χ0v) is 11.0. The number of rotatable bonds is 3. The summed E-state index contributed by atoms with van der Waals surface area (Å²) in [6.07, 6.45) is 5.64. The molecule has 1 saturated carbocycles. The molecule has 0 amide bonds. The highest BCUT2D eigenvalue weighted by Gasteiger charge is 2.40. The number of para-hydroxylation sites is 1. The molecule has 3 N–H and O–H groups in total. The van der Waals surface area contributed by atoms with Crippen LogP contribution in [0.25, 0.3) is 10.9 Å². The summed E-state index contributed by atoms with van der Waals surface area (Å²) in [6.45, 7) is 0.546. The van der Waals surface area contributed by atoms with E-state index >= 15 is 0 Å². The monoisotopic (exact) mass is 256 g/mol. The first-order chi connectivity index (χ1) is 9.27. The van der Waals surface area contributed by atoms with Gasteiger partial charge in [-0.05, 0) is 30.5 Å². The van der Waals surface area contributed by atoms with E-state index in [1.165, 1.54) is 0 Å². The minimum Gasteiger partial charge on any atom is -0.388 e. The predicted octanol–water partition coefficient (Wildman–Crippen LogP) is 2.79. The van der Waals surface area contributed by atoms with Crippen molar-refractivity contribution in [1.82, 2.24) is 4.98 Å². The third-order valence-corrected chi connectivity index (χ3v) is 4.56. The summed E-state index contributed by atoms with van der Waals surface area (Å²) < 4.78 is 0. The summed E-state index contributed by atoms with van der Waals surface area (Å²) in [4.78, 5) is 4.36. The molecule has 0 radical (unpaired) electrons. The molecule has 1 atom stereocenters. The maximum atomic E-state index is 10.9. The highest BCUT2D eigenvalue weighted by molar-refractivity contribution is 5.82. The van der Waals surface area contributed by atoms with Crippen LogP contribution >= 0.6 is 0 Å². The first-order valence-electron chi connectivity index (χ1n) is 6.99. The average molecular weight is 256 g/mol. The van der Waals surface area contributed by atoms with Crippen LogP contribution in [0, 0.1) is 5.41 Å². The van der Waals surface area contributed by atoms with Crippen LogP contribution in [0.5, 0.6) is 0 Å². The molecule has 0 saturated heterocycles. The fraction of sp³-hybridized carbons (Fsp3) is 0.438. The molecule has 2 aromatic rings. The van der Waals surface area contributed by atoms with E-state index in [4.69, 9.17) is 5.73 Å². The van der Waals surface area contributed by atoms with Gasteiger partial charge in [0, 0.05) is 23.5 Å². The molecule has 1 heterocycles. The smallest absolute Gasteiger partial charge is 0.0865 e. The van der Waals surface area contributed by atoms with Gasteiger partial charge in [0.05, 0.1) is 11.6 Å². The highest BCUT2D eigenvalue weighted by atomic mass is 16.3. The van der Waals surface area contributed by atoms with Crippen molar-refractivity contribution >= 4 is 10.9 Å². The van der Waals surface area contributed by atoms with Gasteiger partial charge in [0.1, 0.15) is 0 Å². The molecule has 0 aliphatic heterocycles. The molecule has 1 fully saturated rings. The first-order valence-corrected chi connectivity index (χ1v) is 6.99. The van der Waals surface area contributed by atoms with E-state index in [9.17, 15) is 5.11 Å². The normalized spacial score (nSPS) is 19.7. The SMILES string of the molecule is NCC1(C(O)c2ccnc3ccccc23)CCCC1. The van der Waals surface area contributed by atoms with Crippen LogP contribution in [-0.4, -0.2) is 16.6 Å². The molecule has 1 aromatic carbocycles. The van der Waals surface area contributed by atoms with Gasteiger partial charge >= 0.3 is 0 Å². The number of fused-ring (bicyclic) bond motifs is 1. The van der Waals surface area contributed by atoms with Gasteiger partial charge in [-0.3, -0.25) is 4.98 Å². The largest absolute Gasteiger partial charge is 0.388 e. The highest BCUT2D eigenvalue weighted by Crippen LogP contribution is 2.47. The van der Waals surface area contributed by atoms with E-state index in [0.29, 0.717) is 6.54 Å². The van der Waals surface area contributed by atoms with Gasteiger partial charge in [-0.1, -0.05) is 31.0 Å². The number of hydrogen-bond donors (Lipinski definition) is 2. The molecular formula is C16H20N2O. The maximum absolute atomic E-state index is 10.9. The number of pyridine rings is 1. The lowest BCUT2D eigenvalue weighted by Gasteiger charge is -2.33. The zero-order chi connectivity index (χ0) is 13.3. The van der Waals surface area contributed by atoms with Crippen molar-refractivity contribution in [3.8, 4) is 0 Å². The lowest BCUT2D eigenvalue weighted by atomic mass is 9.77. The molecule has 3 rings (SSSR count). The average Bonchev–Trinajstić information content (AvgIpc) is 2.96. The van der Waals surface area contributed by atoms with Gasteiger partial charge in [-0.15, -0.1) is 0 Å². The molecule has 1 aliphatic carbocycles. The van der Waals surface area contributed by atoms with Crippen LogP contribution in [0.4, 0.5) is 0 Å². The Kier molecular flexibility index (Phi) is 3.25. The van der Waals surface area contributed by atoms with Gasteiger partial charge < -0.3 is 10.8 Å². The Morgan fingerprint density at radius 1 is 1.21 bits per heavy atom. The summed E-state index contributed by atoms with van der Waals surface area (Å²) in [7, 11) is 0. The topological polar surface area (TPSA) is 59.1 Å². The number of hydrogen-bond acceptors (Lipinski definition) is 3. The van der Waals surface area contributed by atoms with Gasteiger partial charge in [-0.25, -0.2) is 0 Å². The standard InChI is InChI=1S/C16H20N2O/c17-11-16(8-3-4-9-16)15(19)13-7-10-18-14-6-2-1-5-12(13)14/h1-2,5-7,10,15,19H,3-4,8-9,11,17H2. The van der Waals surface area contributed by atoms with Crippen molar-refractivity contribution in [2.45, 2.75) is 31.8 Å². The Hall–Kier alpha value is -1.45. The Labute approximate surface area is 113 Å². The number of nitrogens with zero attached hydrogens (tertiary/aromatic N) is 1. The molecule has 19 heavy (non-hydrogen) atoms. The predicted molar refractivity (Wildman–Crippen MR) is 76.7 cm³/mol. The molecule has 3 nitrogen and oxygen atoms in total. The summed E-state index contributed by atoms with van der Waals surface area (Å²) in [6, 6.07) is 9.90. The number of benzene rings is 1. The summed E-state index contributed by atoms with van der Waals surface area (Å²) in [5, 5.41) is 11.9. The van der Waals surface area contributed by atoms with E-state index in [-0.39, 0.29) is 5.41 Å². The second-order valence-electron chi connectivity index (χ2n) is 5.59. The lowest BCUT2D eigenvalue weighted by molar-refractivity contribution is 0.0344. The van der Waals surface area contributed by atoms with Crippen molar-refractivity contribution in [1.29, 1.82) is 0 Å².